The molecule has 0 saturated heterocycles. The lowest BCUT2D eigenvalue weighted by Crippen LogP contribution is -2.53. The average Bonchev–Trinajstić information content (AvgIpc) is 2.45. The van der Waals surface area contributed by atoms with Crippen molar-refractivity contribution in [2.45, 2.75) is 46.3 Å². The molecule has 0 bridgehead atoms. The highest BCUT2D eigenvalue weighted by molar-refractivity contribution is 5.89. The largest absolute Gasteiger partial charge is 0.494 e. The third-order valence-corrected chi connectivity index (χ3v) is 3.27. The van der Waals surface area contributed by atoms with E-state index in [1.165, 1.54) is 0 Å². The van der Waals surface area contributed by atoms with Crippen LogP contribution in [0.1, 0.15) is 34.6 Å². The maximum Gasteiger partial charge on any atom is 0.326 e. The summed E-state index contributed by atoms with van der Waals surface area (Å²) in [5.74, 6) is -0.548. The topological polar surface area (TPSA) is 84.9 Å². The molecule has 1 amide bonds. The number of hydrogen-bond donors (Lipinski definition) is 2. The van der Waals surface area contributed by atoms with Crippen LogP contribution in [0.15, 0.2) is 24.3 Å². The van der Waals surface area contributed by atoms with E-state index in [-0.39, 0.29) is 5.92 Å². The molecule has 0 aliphatic carbocycles. The van der Waals surface area contributed by atoms with Crippen molar-refractivity contribution >= 4 is 11.9 Å². The van der Waals surface area contributed by atoms with Crippen LogP contribution in [0.5, 0.6) is 11.5 Å². The predicted octanol–water partition coefficient (Wildman–Crippen LogP) is 2.47. The van der Waals surface area contributed by atoms with Gasteiger partial charge in [0.15, 0.2) is 5.60 Å². The summed E-state index contributed by atoms with van der Waals surface area (Å²) in [5, 5.41) is 11.7. The lowest BCUT2D eigenvalue weighted by atomic mass is 10.0. The number of carbonyl (C=O) groups is 2. The van der Waals surface area contributed by atoms with Crippen LogP contribution < -0.4 is 14.8 Å². The van der Waals surface area contributed by atoms with E-state index >= 15 is 0 Å². The minimum Gasteiger partial charge on any atom is -0.494 e. The molecular weight excluding hydrogens is 298 g/mol. The van der Waals surface area contributed by atoms with E-state index in [4.69, 9.17) is 14.6 Å². The van der Waals surface area contributed by atoms with Crippen LogP contribution in [0.3, 0.4) is 0 Å². The van der Waals surface area contributed by atoms with Crippen molar-refractivity contribution in [3.8, 4) is 11.5 Å². The molecule has 23 heavy (non-hydrogen) atoms. The number of ether oxygens (including phenoxy) is 2. The van der Waals surface area contributed by atoms with Crippen molar-refractivity contribution < 1.29 is 24.2 Å². The highest BCUT2D eigenvalue weighted by Gasteiger charge is 2.34. The molecule has 6 nitrogen and oxygen atoms in total. The molecule has 0 aliphatic rings. The molecule has 1 rings (SSSR count). The van der Waals surface area contributed by atoms with Gasteiger partial charge in [-0.1, -0.05) is 13.8 Å². The molecule has 0 saturated carbocycles. The number of carboxylic acids is 1. The molecular formula is C17H25NO5. The molecule has 1 aromatic rings. The lowest BCUT2D eigenvalue weighted by Gasteiger charge is -2.28. The second kappa shape index (κ2) is 7.85. The van der Waals surface area contributed by atoms with Gasteiger partial charge in [0.25, 0.3) is 5.91 Å². The van der Waals surface area contributed by atoms with Gasteiger partial charge in [0.05, 0.1) is 6.61 Å². The average molecular weight is 323 g/mol. The van der Waals surface area contributed by atoms with Gasteiger partial charge in [-0.3, -0.25) is 4.79 Å². The SMILES string of the molecule is CCOc1ccc(OC(C)(C)C(=O)NC(C(=O)O)C(C)C)cc1. The number of benzene rings is 1. The van der Waals surface area contributed by atoms with Gasteiger partial charge in [-0.25, -0.2) is 4.79 Å². The Bertz CT molecular complexity index is 536. The predicted molar refractivity (Wildman–Crippen MR) is 86.7 cm³/mol. The number of aliphatic carboxylic acids is 1. The van der Waals surface area contributed by atoms with E-state index in [0.29, 0.717) is 18.1 Å². The first-order valence-electron chi connectivity index (χ1n) is 7.63. The van der Waals surface area contributed by atoms with Crippen LogP contribution in [0.25, 0.3) is 0 Å². The number of carboxylic acid groups (broad SMARTS) is 1. The van der Waals surface area contributed by atoms with Gasteiger partial charge in [-0.15, -0.1) is 0 Å². The van der Waals surface area contributed by atoms with E-state index in [2.05, 4.69) is 5.32 Å². The Kier molecular flexibility index (Phi) is 6.42. The van der Waals surface area contributed by atoms with Crippen molar-refractivity contribution in [2.75, 3.05) is 6.61 Å². The van der Waals surface area contributed by atoms with E-state index in [9.17, 15) is 9.59 Å². The standard InChI is InChI=1S/C17H25NO5/c1-6-22-12-7-9-13(10-8-12)23-17(4,5)16(21)18-14(11(2)3)15(19)20/h7-11,14H,6H2,1-5H3,(H,18,21)(H,19,20). The van der Waals surface area contributed by atoms with Gasteiger partial charge in [0.2, 0.25) is 0 Å². The van der Waals surface area contributed by atoms with Gasteiger partial charge < -0.3 is 19.9 Å². The molecule has 1 unspecified atom stereocenters. The van der Waals surface area contributed by atoms with Crippen LogP contribution in [0.2, 0.25) is 0 Å². The van der Waals surface area contributed by atoms with Crippen LogP contribution in [0.4, 0.5) is 0 Å². The molecule has 0 heterocycles. The molecule has 0 aromatic heterocycles. The van der Waals surface area contributed by atoms with Crippen molar-refractivity contribution in [1.82, 2.24) is 5.32 Å². The minimum absolute atomic E-state index is 0.224. The van der Waals surface area contributed by atoms with Crippen LogP contribution in [-0.2, 0) is 9.59 Å². The monoisotopic (exact) mass is 323 g/mol. The molecule has 2 N–H and O–H groups in total. The van der Waals surface area contributed by atoms with E-state index in [1.54, 1.807) is 52.0 Å². The van der Waals surface area contributed by atoms with Gasteiger partial charge >= 0.3 is 5.97 Å². The van der Waals surface area contributed by atoms with E-state index in [0.717, 1.165) is 0 Å². The molecule has 0 radical (unpaired) electrons. The zero-order valence-electron chi connectivity index (χ0n) is 14.3. The smallest absolute Gasteiger partial charge is 0.326 e. The van der Waals surface area contributed by atoms with Crippen molar-refractivity contribution in [3.05, 3.63) is 24.3 Å². The summed E-state index contributed by atoms with van der Waals surface area (Å²) in [5.41, 5.74) is -1.20. The van der Waals surface area contributed by atoms with Gasteiger partial charge in [-0.2, -0.15) is 0 Å². The first-order valence-corrected chi connectivity index (χ1v) is 7.63. The third kappa shape index (κ3) is 5.47. The fourth-order valence-corrected chi connectivity index (χ4v) is 1.94. The zero-order chi connectivity index (χ0) is 17.6. The fourth-order valence-electron chi connectivity index (χ4n) is 1.94. The highest BCUT2D eigenvalue weighted by Crippen LogP contribution is 2.22. The Hall–Kier alpha value is -2.24. The first kappa shape index (κ1) is 18.8. The number of nitrogens with one attached hydrogen (secondary N) is 1. The maximum atomic E-state index is 12.3. The Morgan fingerprint density at radius 2 is 1.70 bits per heavy atom. The number of hydrogen-bond acceptors (Lipinski definition) is 4. The molecule has 1 aromatic carbocycles. The van der Waals surface area contributed by atoms with Crippen LogP contribution >= 0.6 is 0 Å². The van der Waals surface area contributed by atoms with Crippen LogP contribution in [0, 0.1) is 5.92 Å². The Morgan fingerprint density at radius 3 is 2.13 bits per heavy atom. The molecule has 128 valence electrons. The first-order chi connectivity index (χ1) is 10.7. The van der Waals surface area contributed by atoms with Crippen molar-refractivity contribution in [2.24, 2.45) is 5.92 Å². The maximum absolute atomic E-state index is 12.3. The van der Waals surface area contributed by atoms with Gasteiger partial charge in [-0.05, 0) is 51.0 Å². The van der Waals surface area contributed by atoms with E-state index in [1.807, 2.05) is 6.92 Å². The highest BCUT2D eigenvalue weighted by atomic mass is 16.5. The summed E-state index contributed by atoms with van der Waals surface area (Å²) < 4.78 is 11.0. The van der Waals surface area contributed by atoms with E-state index < -0.39 is 23.5 Å². The van der Waals surface area contributed by atoms with Crippen molar-refractivity contribution in [3.63, 3.8) is 0 Å². The van der Waals surface area contributed by atoms with Crippen molar-refractivity contribution in [1.29, 1.82) is 0 Å². The minimum atomic E-state index is -1.20. The van der Waals surface area contributed by atoms with Crippen LogP contribution in [-0.4, -0.2) is 35.2 Å². The summed E-state index contributed by atoms with van der Waals surface area (Å²) in [6.45, 7) is 9.13. The summed E-state index contributed by atoms with van der Waals surface area (Å²) >= 11 is 0. The molecule has 0 spiro atoms. The number of amides is 1. The quantitative estimate of drug-likeness (QED) is 0.767. The summed E-state index contributed by atoms with van der Waals surface area (Å²) in [4.78, 5) is 23.5. The molecule has 0 fully saturated rings. The Balaban J connectivity index is 2.76. The molecule has 1 atom stereocenters. The number of rotatable bonds is 8. The van der Waals surface area contributed by atoms with Gasteiger partial charge in [0, 0.05) is 0 Å². The summed E-state index contributed by atoms with van der Waals surface area (Å²) in [6.07, 6.45) is 0. The summed E-state index contributed by atoms with van der Waals surface area (Å²) in [7, 11) is 0. The second-order valence-electron chi connectivity index (χ2n) is 6.05. The Morgan fingerprint density at radius 1 is 1.17 bits per heavy atom. The molecule has 0 aliphatic heterocycles. The third-order valence-electron chi connectivity index (χ3n) is 3.27. The fraction of sp³-hybridized carbons (Fsp3) is 0.529. The summed E-state index contributed by atoms with van der Waals surface area (Å²) in [6, 6.07) is 5.96. The Labute approximate surface area is 136 Å². The van der Waals surface area contributed by atoms with Gasteiger partial charge in [0.1, 0.15) is 17.5 Å². The second-order valence-corrected chi connectivity index (χ2v) is 6.05. The normalized spacial score (nSPS) is 12.6. The lowest BCUT2D eigenvalue weighted by molar-refractivity contribution is -0.146. The molecule has 6 heteroatoms. The zero-order valence-corrected chi connectivity index (χ0v) is 14.3. The number of carbonyl (C=O) groups excluding carboxylic acids is 1.